The maximum Gasteiger partial charge on any atom is 0.261 e. The largest absolute Gasteiger partial charge is 0.399 e. The van der Waals surface area contributed by atoms with Gasteiger partial charge in [-0.05, 0) is 18.2 Å². The van der Waals surface area contributed by atoms with E-state index in [9.17, 15) is 4.79 Å². The number of hydrogen-bond acceptors (Lipinski definition) is 3. The predicted molar refractivity (Wildman–Crippen MR) is 60.6 cm³/mol. The standard InChI is InChI=1S/C11H11N3O/c1-2-5-14-7-13-10-4-3-8(12)6-9(10)11(14)15/h2-4,6-7H,1,5,12H2. The van der Waals surface area contributed by atoms with Gasteiger partial charge in [0.15, 0.2) is 0 Å². The lowest BCUT2D eigenvalue weighted by Crippen LogP contribution is -2.19. The molecule has 0 aliphatic rings. The van der Waals surface area contributed by atoms with Gasteiger partial charge in [-0.25, -0.2) is 4.98 Å². The first kappa shape index (κ1) is 9.45. The molecule has 2 rings (SSSR count). The molecule has 0 amide bonds. The molecule has 4 nitrogen and oxygen atoms in total. The number of aromatic nitrogens is 2. The Kier molecular flexibility index (Phi) is 2.25. The van der Waals surface area contributed by atoms with Crippen LogP contribution in [0.25, 0.3) is 10.9 Å². The Labute approximate surface area is 86.7 Å². The topological polar surface area (TPSA) is 60.9 Å². The van der Waals surface area contributed by atoms with Crippen LogP contribution in [0, 0.1) is 0 Å². The van der Waals surface area contributed by atoms with E-state index in [1.165, 1.54) is 10.9 Å². The molecule has 0 unspecified atom stereocenters. The lowest BCUT2D eigenvalue weighted by atomic mass is 10.2. The first-order valence-corrected chi connectivity index (χ1v) is 4.58. The van der Waals surface area contributed by atoms with Crippen LogP contribution in [-0.2, 0) is 6.54 Å². The molecule has 1 heterocycles. The van der Waals surface area contributed by atoms with Crippen LogP contribution < -0.4 is 11.3 Å². The Bertz CT molecular complexity index is 572. The second-order valence-corrected chi connectivity index (χ2v) is 3.27. The summed E-state index contributed by atoms with van der Waals surface area (Å²) in [4.78, 5) is 16.1. The zero-order chi connectivity index (χ0) is 10.8. The third-order valence-electron chi connectivity index (χ3n) is 2.17. The van der Waals surface area contributed by atoms with Crippen LogP contribution in [0.15, 0.2) is 42.0 Å². The smallest absolute Gasteiger partial charge is 0.261 e. The Morgan fingerprint density at radius 2 is 2.33 bits per heavy atom. The summed E-state index contributed by atoms with van der Waals surface area (Å²) < 4.78 is 1.49. The molecule has 1 aromatic heterocycles. The van der Waals surface area contributed by atoms with E-state index in [1.807, 2.05) is 0 Å². The van der Waals surface area contributed by atoms with Crippen LogP contribution in [0.5, 0.6) is 0 Å². The van der Waals surface area contributed by atoms with Gasteiger partial charge in [-0.3, -0.25) is 9.36 Å². The van der Waals surface area contributed by atoms with Gasteiger partial charge in [-0.15, -0.1) is 6.58 Å². The molecule has 2 N–H and O–H groups in total. The quantitative estimate of drug-likeness (QED) is 0.586. The molecule has 0 spiro atoms. The van der Waals surface area contributed by atoms with Crippen molar-refractivity contribution in [3.63, 3.8) is 0 Å². The highest BCUT2D eigenvalue weighted by Crippen LogP contribution is 2.10. The summed E-state index contributed by atoms with van der Waals surface area (Å²) >= 11 is 0. The number of nitrogens with two attached hydrogens (primary N) is 1. The molecule has 0 aliphatic heterocycles. The molecular formula is C11H11N3O. The normalized spacial score (nSPS) is 10.4. The number of benzene rings is 1. The van der Waals surface area contributed by atoms with Gasteiger partial charge in [0.1, 0.15) is 0 Å². The number of anilines is 1. The molecular weight excluding hydrogens is 190 g/mol. The fraction of sp³-hybridized carbons (Fsp3) is 0.0909. The van der Waals surface area contributed by atoms with Crippen molar-refractivity contribution in [2.75, 3.05) is 5.73 Å². The summed E-state index contributed by atoms with van der Waals surface area (Å²) in [5.41, 5.74) is 6.76. The van der Waals surface area contributed by atoms with Gasteiger partial charge in [0, 0.05) is 12.2 Å². The maximum atomic E-state index is 11.9. The summed E-state index contributed by atoms with van der Waals surface area (Å²) in [6.45, 7) is 4.04. The number of nitrogens with zero attached hydrogens (tertiary/aromatic N) is 2. The molecule has 0 aliphatic carbocycles. The van der Waals surface area contributed by atoms with Crippen LogP contribution in [-0.4, -0.2) is 9.55 Å². The van der Waals surface area contributed by atoms with Gasteiger partial charge in [0.05, 0.1) is 17.2 Å². The van der Waals surface area contributed by atoms with Gasteiger partial charge in [0.2, 0.25) is 0 Å². The molecule has 1 aromatic carbocycles. The molecule has 0 fully saturated rings. The first-order valence-electron chi connectivity index (χ1n) is 4.58. The van der Waals surface area contributed by atoms with E-state index in [2.05, 4.69) is 11.6 Å². The molecule has 2 aromatic rings. The Balaban J connectivity index is 2.76. The van der Waals surface area contributed by atoms with Crippen molar-refractivity contribution in [3.8, 4) is 0 Å². The third-order valence-corrected chi connectivity index (χ3v) is 2.17. The minimum atomic E-state index is -0.0906. The second-order valence-electron chi connectivity index (χ2n) is 3.27. The van der Waals surface area contributed by atoms with Crippen molar-refractivity contribution >= 4 is 16.6 Å². The monoisotopic (exact) mass is 201 g/mol. The van der Waals surface area contributed by atoms with E-state index in [4.69, 9.17) is 5.73 Å². The molecule has 0 bridgehead atoms. The Morgan fingerprint density at radius 1 is 1.53 bits per heavy atom. The van der Waals surface area contributed by atoms with Crippen LogP contribution in [0.3, 0.4) is 0 Å². The van der Waals surface area contributed by atoms with Crippen molar-refractivity contribution < 1.29 is 0 Å². The van der Waals surface area contributed by atoms with Gasteiger partial charge in [-0.2, -0.15) is 0 Å². The van der Waals surface area contributed by atoms with Crippen LogP contribution in [0.1, 0.15) is 0 Å². The highest BCUT2D eigenvalue weighted by atomic mass is 16.1. The van der Waals surface area contributed by atoms with Crippen molar-refractivity contribution in [1.82, 2.24) is 9.55 Å². The third kappa shape index (κ3) is 1.61. The van der Waals surface area contributed by atoms with E-state index in [-0.39, 0.29) is 5.56 Å². The van der Waals surface area contributed by atoms with E-state index < -0.39 is 0 Å². The fourth-order valence-electron chi connectivity index (χ4n) is 1.45. The maximum absolute atomic E-state index is 11.9. The first-order chi connectivity index (χ1) is 7.22. The minimum absolute atomic E-state index is 0.0906. The Hall–Kier alpha value is -2.10. The highest BCUT2D eigenvalue weighted by Gasteiger charge is 2.02. The van der Waals surface area contributed by atoms with Crippen LogP contribution in [0.2, 0.25) is 0 Å². The molecule has 0 saturated heterocycles. The van der Waals surface area contributed by atoms with Gasteiger partial charge in [-0.1, -0.05) is 6.08 Å². The SMILES string of the molecule is C=CCn1cnc2ccc(N)cc2c1=O. The number of fused-ring (bicyclic) bond motifs is 1. The van der Waals surface area contributed by atoms with Crippen molar-refractivity contribution in [2.24, 2.45) is 0 Å². The molecule has 4 heteroatoms. The zero-order valence-corrected chi connectivity index (χ0v) is 8.18. The zero-order valence-electron chi connectivity index (χ0n) is 8.18. The number of nitrogen functional groups attached to an aromatic ring is 1. The lowest BCUT2D eigenvalue weighted by molar-refractivity contribution is 0.768. The van der Waals surface area contributed by atoms with Crippen LogP contribution in [0.4, 0.5) is 5.69 Å². The predicted octanol–water partition coefficient (Wildman–Crippen LogP) is 1.16. The molecule has 0 atom stereocenters. The lowest BCUT2D eigenvalue weighted by Gasteiger charge is -2.03. The fourth-order valence-corrected chi connectivity index (χ4v) is 1.45. The number of rotatable bonds is 2. The average molecular weight is 201 g/mol. The van der Waals surface area contributed by atoms with Gasteiger partial charge in [0.25, 0.3) is 5.56 Å². The van der Waals surface area contributed by atoms with E-state index in [0.29, 0.717) is 23.1 Å². The summed E-state index contributed by atoms with van der Waals surface area (Å²) in [6.07, 6.45) is 3.17. The molecule has 15 heavy (non-hydrogen) atoms. The van der Waals surface area contributed by atoms with E-state index in [0.717, 1.165) is 0 Å². The van der Waals surface area contributed by atoms with E-state index in [1.54, 1.807) is 24.3 Å². The second kappa shape index (κ2) is 3.57. The summed E-state index contributed by atoms with van der Waals surface area (Å²) in [5.74, 6) is 0. The number of hydrogen-bond donors (Lipinski definition) is 1. The van der Waals surface area contributed by atoms with Gasteiger partial charge >= 0.3 is 0 Å². The van der Waals surface area contributed by atoms with Crippen molar-refractivity contribution in [3.05, 3.63) is 47.5 Å². The molecule has 76 valence electrons. The molecule has 0 saturated carbocycles. The average Bonchev–Trinajstić information content (AvgIpc) is 2.23. The summed E-state index contributed by atoms with van der Waals surface area (Å²) in [5, 5.41) is 0.541. The van der Waals surface area contributed by atoms with Gasteiger partial charge < -0.3 is 5.73 Å². The van der Waals surface area contributed by atoms with Crippen molar-refractivity contribution in [2.45, 2.75) is 6.54 Å². The summed E-state index contributed by atoms with van der Waals surface area (Å²) in [7, 11) is 0. The number of allylic oxidation sites excluding steroid dienone is 1. The minimum Gasteiger partial charge on any atom is -0.399 e. The van der Waals surface area contributed by atoms with Crippen molar-refractivity contribution in [1.29, 1.82) is 0 Å². The Morgan fingerprint density at radius 3 is 3.07 bits per heavy atom. The molecule has 0 radical (unpaired) electrons. The van der Waals surface area contributed by atoms with Crippen LogP contribution >= 0.6 is 0 Å². The van der Waals surface area contributed by atoms with E-state index >= 15 is 0 Å². The summed E-state index contributed by atoms with van der Waals surface area (Å²) in [6, 6.07) is 5.11. The highest BCUT2D eigenvalue weighted by molar-refractivity contribution is 5.80.